The Morgan fingerprint density at radius 3 is 2.63 bits per heavy atom. The Morgan fingerprint density at radius 2 is 1.90 bits per heavy atom. The number of carbonyl (C=O) groups is 3. The summed E-state index contributed by atoms with van der Waals surface area (Å²) in [6.07, 6.45) is 8.55. The molecule has 2 amide bonds. The smallest absolute Gasteiger partial charge is 0.248 e. The Morgan fingerprint density at radius 1 is 1.12 bits per heavy atom. The standard InChI is InChI=1S/C37H38BrN9O5/c1-6-8-30-42-31(52-45-30)15-37-13-27(36(50)43-35-23(19-51-7-2)9-10-29(38)41-35)47(28(37)14-37)32(49)18-46-34-20(3)11-24(25-16-39-22(5)40-17-25)12-26(34)33(44-46)21(4)48/h6,8-12,16-17,27-28H,7,13-15,18-19H2,1-5H3,(H,41,43,50)/b8-6+/t27-,28+,37-/m0/s1. The first-order valence-electron chi connectivity index (χ1n) is 17.1. The third-order valence-corrected chi connectivity index (χ3v) is 10.2. The highest BCUT2D eigenvalue weighted by atomic mass is 79.9. The van der Waals surface area contributed by atoms with E-state index in [4.69, 9.17) is 9.26 Å². The Kier molecular flexibility index (Phi) is 9.57. The summed E-state index contributed by atoms with van der Waals surface area (Å²) in [5, 5.41) is 12.3. The lowest BCUT2D eigenvalue weighted by molar-refractivity contribution is -0.138. The fourth-order valence-corrected chi connectivity index (χ4v) is 7.56. The number of allylic oxidation sites excluding steroid dienone is 1. The molecule has 7 rings (SSSR count). The van der Waals surface area contributed by atoms with Crippen LogP contribution in [-0.2, 0) is 33.9 Å². The van der Waals surface area contributed by atoms with Gasteiger partial charge in [0.1, 0.15) is 34.5 Å². The highest BCUT2D eigenvalue weighted by molar-refractivity contribution is 9.10. The van der Waals surface area contributed by atoms with Crippen molar-refractivity contribution in [3.8, 4) is 11.1 Å². The molecule has 0 unspecified atom stereocenters. The monoisotopic (exact) mass is 767 g/mol. The molecule has 14 nitrogen and oxygen atoms in total. The number of piperidine rings is 1. The van der Waals surface area contributed by atoms with Crippen LogP contribution in [-0.4, -0.2) is 76.1 Å². The van der Waals surface area contributed by atoms with Gasteiger partial charge in [0.25, 0.3) is 0 Å². The van der Waals surface area contributed by atoms with E-state index in [0.717, 1.165) is 16.7 Å². The quantitative estimate of drug-likeness (QED) is 0.123. The van der Waals surface area contributed by atoms with Gasteiger partial charge in [0.2, 0.25) is 17.7 Å². The number of hydrogen-bond donors (Lipinski definition) is 1. The van der Waals surface area contributed by atoms with Gasteiger partial charge in [-0.3, -0.25) is 19.1 Å². The van der Waals surface area contributed by atoms with Crippen LogP contribution in [0.15, 0.2) is 51.9 Å². The number of Topliss-reactive ketones (excluding diaryl/α,β-unsaturated/α-hetero) is 1. The molecule has 2 aliphatic rings. The zero-order valence-corrected chi connectivity index (χ0v) is 31.1. The van der Waals surface area contributed by atoms with Gasteiger partial charge in [-0.05, 0) is 91.9 Å². The first kappa shape index (κ1) is 35.3. The molecule has 1 N–H and O–H groups in total. The highest BCUT2D eigenvalue weighted by Crippen LogP contribution is 2.61. The van der Waals surface area contributed by atoms with E-state index in [9.17, 15) is 14.4 Å². The first-order valence-corrected chi connectivity index (χ1v) is 17.9. The van der Waals surface area contributed by atoms with Crippen LogP contribution in [0, 0.1) is 19.3 Å². The van der Waals surface area contributed by atoms with Crippen molar-refractivity contribution in [2.45, 2.75) is 79.1 Å². The number of anilines is 1. The summed E-state index contributed by atoms with van der Waals surface area (Å²) in [5.74, 6) is 1.04. The molecule has 0 spiro atoms. The number of ketones is 1. The van der Waals surface area contributed by atoms with Crippen LogP contribution in [0.4, 0.5) is 5.82 Å². The number of pyridine rings is 1. The van der Waals surface area contributed by atoms with Crippen LogP contribution in [0.25, 0.3) is 28.1 Å². The summed E-state index contributed by atoms with van der Waals surface area (Å²) < 4.78 is 13.3. The van der Waals surface area contributed by atoms with Crippen molar-refractivity contribution in [2.75, 3.05) is 11.9 Å². The summed E-state index contributed by atoms with van der Waals surface area (Å²) in [5.41, 5.74) is 3.67. The summed E-state index contributed by atoms with van der Waals surface area (Å²) in [7, 11) is 0. The van der Waals surface area contributed by atoms with Gasteiger partial charge in [-0.25, -0.2) is 15.0 Å². The number of aryl methyl sites for hydroxylation is 2. The van der Waals surface area contributed by atoms with Crippen LogP contribution in [0.5, 0.6) is 0 Å². The number of carbonyl (C=O) groups excluding carboxylic acids is 3. The maximum atomic E-state index is 14.5. The number of nitrogens with one attached hydrogen (secondary N) is 1. The largest absolute Gasteiger partial charge is 0.377 e. The van der Waals surface area contributed by atoms with E-state index < -0.39 is 11.5 Å². The Hall–Kier alpha value is -5.15. The molecule has 52 heavy (non-hydrogen) atoms. The second-order valence-corrected chi connectivity index (χ2v) is 14.2. The third kappa shape index (κ3) is 6.77. The van der Waals surface area contributed by atoms with Gasteiger partial charge in [-0.2, -0.15) is 10.1 Å². The molecule has 1 aromatic carbocycles. The zero-order valence-electron chi connectivity index (χ0n) is 29.5. The predicted octanol–water partition coefficient (Wildman–Crippen LogP) is 5.66. The predicted molar refractivity (Wildman–Crippen MR) is 195 cm³/mol. The average molecular weight is 769 g/mol. The number of ether oxygens (including phenoxy) is 1. The van der Waals surface area contributed by atoms with E-state index in [-0.39, 0.29) is 42.5 Å². The topological polar surface area (TPSA) is 171 Å². The van der Waals surface area contributed by atoms with Crippen LogP contribution in [0.1, 0.15) is 72.8 Å². The van der Waals surface area contributed by atoms with E-state index in [0.29, 0.717) is 70.3 Å². The van der Waals surface area contributed by atoms with Gasteiger partial charge in [0.15, 0.2) is 11.6 Å². The molecule has 0 radical (unpaired) electrons. The highest BCUT2D eigenvalue weighted by Gasteiger charge is 2.67. The van der Waals surface area contributed by atoms with Crippen LogP contribution >= 0.6 is 15.9 Å². The zero-order chi connectivity index (χ0) is 36.7. The van der Waals surface area contributed by atoms with E-state index in [2.05, 4.69) is 51.4 Å². The average Bonchev–Trinajstić information content (AvgIpc) is 3.38. The van der Waals surface area contributed by atoms with E-state index >= 15 is 0 Å². The molecule has 1 saturated heterocycles. The van der Waals surface area contributed by atoms with Gasteiger partial charge >= 0.3 is 0 Å². The number of fused-ring (bicyclic) bond motifs is 2. The molecule has 4 aromatic heterocycles. The lowest BCUT2D eigenvalue weighted by atomic mass is 9.95. The summed E-state index contributed by atoms with van der Waals surface area (Å²) in [6.45, 7) is 9.55. The molecule has 1 aliphatic heterocycles. The molecule has 5 aromatic rings. The second-order valence-electron chi connectivity index (χ2n) is 13.4. The molecule has 1 saturated carbocycles. The minimum atomic E-state index is -0.812. The number of rotatable bonds is 12. The normalized spacial score (nSPS) is 19.4. The summed E-state index contributed by atoms with van der Waals surface area (Å²) in [6, 6.07) is 6.43. The number of halogens is 1. The maximum absolute atomic E-state index is 14.5. The number of nitrogens with zero attached hydrogens (tertiary/aromatic N) is 8. The van der Waals surface area contributed by atoms with E-state index in [1.807, 2.05) is 52.0 Å². The molecule has 268 valence electrons. The van der Waals surface area contributed by atoms with Gasteiger partial charge in [0, 0.05) is 60.3 Å². The lowest BCUT2D eigenvalue weighted by Crippen LogP contribution is -2.47. The van der Waals surface area contributed by atoms with Crippen molar-refractivity contribution in [3.63, 3.8) is 0 Å². The van der Waals surface area contributed by atoms with Gasteiger partial charge in [-0.1, -0.05) is 17.3 Å². The molecule has 3 atom stereocenters. The Balaban J connectivity index is 1.22. The molecule has 5 heterocycles. The summed E-state index contributed by atoms with van der Waals surface area (Å²) >= 11 is 3.41. The third-order valence-electron chi connectivity index (χ3n) is 9.73. The molecule has 1 aliphatic carbocycles. The summed E-state index contributed by atoms with van der Waals surface area (Å²) in [4.78, 5) is 60.9. The number of benzene rings is 1. The number of aromatic nitrogens is 7. The van der Waals surface area contributed by atoms with Crippen LogP contribution in [0.3, 0.4) is 0 Å². The van der Waals surface area contributed by atoms with Gasteiger partial charge in [0.05, 0.1) is 12.1 Å². The number of likely N-dealkylation sites (tertiary alicyclic amines) is 1. The van der Waals surface area contributed by atoms with Crippen molar-refractivity contribution in [2.24, 2.45) is 5.41 Å². The number of hydrogen-bond acceptors (Lipinski definition) is 11. The fraction of sp³-hybridized carbons (Fsp3) is 0.378. The molecule has 15 heteroatoms. The van der Waals surface area contributed by atoms with Gasteiger partial charge in [-0.15, -0.1) is 0 Å². The van der Waals surface area contributed by atoms with Crippen LogP contribution in [0.2, 0.25) is 0 Å². The van der Waals surface area contributed by atoms with Gasteiger partial charge < -0.3 is 19.5 Å². The fourth-order valence-electron chi connectivity index (χ4n) is 7.25. The Bertz CT molecular complexity index is 2230. The van der Waals surface area contributed by atoms with Crippen molar-refractivity contribution >= 4 is 56.3 Å². The minimum Gasteiger partial charge on any atom is -0.377 e. The lowest BCUT2D eigenvalue weighted by Gasteiger charge is -2.27. The van der Waals surface area contributed by atoms with Crippen molar-refractivity contribution in [3.05, 3.63) is 81.7 Å². The second kappa shape index (κ2) is 14.1. The van der Waals surface area contributed by atoms with Crippen molar-refractivity contribution < 1.29 is 23.6 Å². The van der Waals surface area contributed by atoms with Crippen molar-refractivity contribution in [1.82, 2.24) is 39.8 Å². The molecule has 2 fully saturated rings. The maximum Gasteiger partial charge on any atom is 0.248 e. The van der Waals surface area contributed by atoms with Crippen LogP contribution < -0.4 is 5.32 Å². The molecule has 0 bridgehead atoms. The Labute approximate surface area is 308 Å². The minimum absolute atomic E-state index is 0.176. The van der Waals surface area contributed by atoms with E-state index in [1.54, 1.807) is 34.1 Å². The van der Waals surface area contributed by atoms with Crippen molar-refractivity contribution in [1.29, 1.82) is 0 Å². The van der Waals surface area contributed by atoms with E-state index in [1.165, 1.54) is 6.92 Å². The SMILES string of the molecule is C/C=C/c1noc(C[C@@]23C[C@@H](C(=O)Nc4nc(Br)ccc4COCC)N(C(=O)Cn4nc(C(C)=O)c5cc(-c6cnc(C)nc6)cc(C)c54)[C@@H]2C3)n1. The number of amides is 2. The molecular weight excluding hydrogens is 730 g/mol. The first-order chi connectivity index (χ1) is 25.0. The molecular formula is C37H38BrN9O5.